The van der Waals surface area contributed by atoms with E-state index in [1.807, 2.05) is 55.8 Å². The highest BCUT2D eigenvalue weighted by Gasteiger charge is 2.29. The lowest BCUT2D eigenvalue weighted by Crippen LogP contribution is -2.45. The fraction of sp³-hybridized carbons (Fsp3) is 0.364. The number of aliphatic hydroxyl groups excluding tert-OH is 1. The zero-order valence-corrected chi connectivity index (χ0v) is 18.4. The number of hydrogen-bond acceptors (Lipinski definition) is 7. The summed E-state index contributed by atoms with van der Waals surface area (Å²) in [7, 11) is -0.491. The third-order valence-electron chi connectivity index (χ3n) is 5.00. The largest absolute Gasteiger partial charge is 0.391 e. The van der Waals surface area contributed by atoms with Crippen LogP contribution in [0, 0.1) is 0 Å². The zero-order chi connectivity index (χ0) is 21.3. The van der Waals surface area contributed by atoms with Gasteiger partial charge in [-0.1, -0.05) is 30.3 Å². The number of rotatable bonds is 8. The van der Waals surface area contributed by atoms with Crippen LogP contribution in [0.3, 0.4) is 0 Å². The second-order valence-electron chi connectivity index (χ2n) is 7.54. The Morgan fingerprint density at radius 3 is 2.77 bits per heavy atom. The van der Waals surface area contributed by atoms with E-state index in [-0.39, 0.29) is 5.92 Å². The molecule has 0 bridgehead atoms. The number of nitrogens with zero attached hydrogens (tertiary/aromatic N) is 3. The first-order chi connectivity index (χ1) is 14.5. The third-order valence-corrected chi connectivity index (χ3v) is 5.45. The Morgan fingerprint density at radius 2 is 2.07 bits per heavy atom. The Bertz CT molecular complexity index is 860. The monoisotopic (exact) mass is 427 g/mol. The second kappa shape index (κ2) is 11.2. The predicted octanol–water partition coefficient (Wildman–Crippen LogP) is 3.55. The number of anilines is 1. The molecular formula is C22H30N5O2P. The number of hydrogen-bond donors (Lipinski definition) is 3. The molecule has 1 heterocycles. The lowest BCUT2D eigenvalue weighted by atomic mass is 9.87. The summed E-state index contributed by atoms with van der Waals surface area (Å²) in [6.07, 6.45) is 2.08. The summed E-state index contributed by atoms with van der Waals surface area (Å²) < 4.78 is 5.53. The van der Waals surface area contributed by atoms with E-state index in [9.17, 15) is 5.11 Å². The van der Waals surface area contributed by atoms with Gasteiger partial charge in [-0.3, -0.25) is 20.0 Å². The summed E-state index contributed by atoms with van der Waals surface area (Å²) in [5, 5.41) is 14.7. The van der Waals surface area contributed by atoms with Crippen LogP contribution >= 0.6 is 8.15 Å². The quantitative estimate of drug-likeness (QED) is 0.259. The maximum atomic E-state index is 10.8. The van der Waals surface area contributed by atoms with Crippen molar-refractivity contribution in [3.05, 3.63) is 60.2 Å². The van der Waals surface area contributed by atoms with E-state index >= 15 is 0 Å². The summed E-state index contributed by atoms with van der Waals surface area (Å²) in [5.41, 5.74) is 6.57. The maximum Gasteiger partial charge on any atom is 0.0923 e. The van der Waals surface area contributed by atoms with Crippen molar-refractivity contribution in [2.75, 3.05) is 38.4 Å². The Kier molecular flexibility index (Phi) is 8.34. The van der Waals surface area contributed by atoms with E-state index in [2.05, 4.69) is 32.6 Å². The van der Waals surface area contributed by atoms with Crippen LogP contribution in [0.15, 0.2) is 64.7 Å². The molecule has 160 valence electrons. The number of aliphatic hydroxyl groups is 1. The van der Waals surface area contributed by atoms with Gasteiger partial charge in [0.05, 0.1) is 37.6 Å². The second-order valence-corrected chi connectivity index (χ2v) is 9.35. The molecule has 30 heavy (non-hydrogen) atoms. The van der Waals surface area contributed by atoms with Crippen molar-refractivity contribution < 1.29 is 9.73 Å². The van der Waals surface area contributed by atoms with E-state index in [0.29, 0.717) is 18.8 Å². The predicted molar refractivity (Wildman–Crippen MR) is 126 cm³/mol. The molecule has 1 aliphatic heterocycles. The van der Waals surface area contributed by atoms with Gasteiger partial charge in [0.25, 0.3) is 0 Å². The molecule has 0 saturated carbocycles. The minimum absolute atomic E-state index is 0.0871. The van der Waals surface area contributed by atoms with Crippen molar-refractivity contribution in [2.45, 2.75) is 18.4 Å². The first kappa shape index (κ1) is 22.4. The van der Waals surface area contributed by atoms with Crippen LogP contribution in [0.4, 0.5) is 11.4 Å². The van der Waals surface area contributed by atoms with Crippen LogP contribution in [0.25, 0.3) is 0 Å². The number of nitrogens with two attached hydrogens (primary N) is 1. The molecule has 2 aromatic rings. The van der Waals surface area contributed by atoms with E-state index in [0.717, 1.165) is 29.9 Å². The van der Waals surface area contributed by atoms with Gasteiger partial charge in [0.15, 0.2) is 0 Å². The summed E-state index contributed by atoms with van der Waals surface area (Å²) in [4.78, 5) is 6.58. The fourth-order valence-corrected chi connectivity index (χ4v) is 3.80. The van der Waals surface area contributed by atoms with Crippen molar-refractivity contribution in [2.24, 2.45) is 15.9 Å². The van der Waals surface area contributed by atoms with Gasteiger partial charge in [-0.05, 0) is 56.1 Å². The lowest BCUT2D eigenvalue weighted by molar-refractivity contribution is 0.0590. The normalized spacial score (nSPS) is 20.7. The number of para-hydroxylation sites is 1. The average Bonchev–Trinajstić information content (AvgIpc) is 2.76. The highest BCUT2D eigenvalue weighted by Crippen LogP contribution is 2.31. The number of nitrogens with one attached hydrogen (secondary N) is 1. The van der Waals surface area contributed by atoms with Gasteiger partial charge in [0.2, 0.25) is 0 Å². The van der Waals surface area contributed by atoms with Gasteiger partial charge in [0, 0.05) is 19.0 Å². The Hall–Kier alpha value is -2.31. The van der Waals surface area contributed by atoms with Crippen LogP contribution in [-0.4, -0.2) is 61.0 Å². The molecule has 0 aromatic heterocycles. The molecule has 0 amide bonds. The van der Waals surface area contributed by atoms with E-state index < -0.39 is 14.3 Å². The Balaban J connectivity index is 1.57. The van der Waals surface area contributed by atoms with Gasteiger partial charge in [-0.2, -0.15) is 5.10 Å². The molecule has 4 N–H and O–H groups in total. The van der Waals surface area contributed by atoms with Crippen LogP contribution in [-0.2, 0) is 4.62 Å². The summed E-state index contributed by atoms with van der Waals surface area (Å²) in [6.45, 7) is 6.04. The summed E-state index contributed by atoms with van der Waals surface area (Å²) in [6, 6.07) is 17.8. The smallest absolute Gasteiger partial charge is 0.0923 e. The SMILES string of the molecule is CP(C)ONc1cccc(C2CCN(CC(C=Nc3ccccc3)=NN)CC2O)c1. The topological polar surface area (TPSA) is 95.5 Å². The van der Waals surface area contributed by atoms with Gasteiger partial charge < -0.3 is 10.9 Å². The van der Waals surface area contributed by atoms with Crippen molar-refractivity contribution in [1.82, 2.24) is 4.90 Å². The van der Waals surface area contributed by atoms with Gasteiger partial charge in [0.1, 0.15) is 0 Å². The number of aliphatic imine (C=N–C) groups is 1. The molecule has 1 saturated heterocycles. The number of benzene rings is 2. The Labute approximate surface area is 179 Å². The van der Waals surface area contributed by atoms with E-state index in [4.69, 9.17) is 10.5 Å². The molecule has 7 nitrogen and oxygen atoms in total. The molecule has 2 atom stereocenters. The third kappa shape index (κ3) is 6.61. The van der Waals surface area contributed by atoms with E-state index in [1.54, 1.807) is 6.21 Å². The standard InChI is InChI=1S/C22H30N5O2P/c1-30(2)29-26-19-10-6-7-17(13-19)21-11-12-27(16-22(21)28)15-20(25-23)14-24-18-8-4-3-5-9-18/h3-10,13-14,21-22,26,28H,11-12,15-16,23H2,1-2H3. The van der Waals surface area contributed by atoms with Crippen molar-refractivity contribution in [3.63, 3.8) is 0 Å². The molecular weight excluding hydrogens is 397 g/mol. The molecule has 2 aromatic carbocycles. The number of piperidine rings is 1. The van der Waals surface area contributed by atoms with Crippen LogP contribution in [0.1, 0.15) is 17.9 Å². The van der Waals surface area contributed by atoms with Crippen LogP contribution < -0.4 is 11.3 Å². The molecule has 2 unspecified atom stereocenters. The van der Waals surface area contributed by atoms with Crippen molar-refractivity contribution in [3.8, 4) is 0 Å². The zero-order valence-electron chi connectivity index (χ0n) is 17.5. The summed E-state index contributed by atoms with van der Waals surface area (Å²) in [5.74, 6) is 5.65. The molecule has 1 aliphatic rings. The maximum absolute atomic E-state index is 10.8. The van der Waals surface area contributed by atoms with Gasteiger partial charge in [-0.25, -0.2) is 0 Å². The highest BCUT2D eigenvalue weighted by atomic mass is 31.1. The number of likely N-dealkylation sites (tertiary alicyclic amines) is 1. The first-order valence-corrected chi connectivity index (χ1v) is 12.2. The van der Waals surface area contributed by atoms with Crippen LogP contribution in [0.5, 0.6) is 0 Å². The average molecular weight is 427 g/mol. The van der Waals surface area contributed by atoms with E-state index in [1.165, 1.54) is 0 Å². The molecule has 3 rings (SSSR count). The van der Waals surface area contributed by atoms with Crippen molar-refractivity contribution >= 4 is 31.4 Å². The fourth-order valence-electron chi connectivity index (χ4n) is 3.51. The van der Waals surface area contributed by atoms with Gasteiger partial charge in [-0.15, -0.1) is 0 Å². The number of hydrazone groups is 1. The minimum atomic E-state index is -0.491. The molecule has 1 fully saturated rings. The molecule has 0 spiro atoms. The molecule has 8 heteroatoms. The molecule has 0 radical (unpaired) electrons. The number of β-amino-alcohol motifs (C(OH)–C–C–N with tert-alkyl or cyclic N) is 1. The van der Waals surface area contributed by atoms with Crippen molar-refractivity contribution in [1.29, 1.82) is 0 Å². The highest BCUT2D eigenvalue weighted by molar-refractivity contribution is 7.50. The first-order valence-electron chi connectivity index (χ1n) is 10.0. The minimum Gasteiger partial charge on any atom is -0.391 e. The lowest BCUT2D eigenvalue weighted by Gasteiger charge is -2.36. The Morgan fingerprint density at radius 1 is 1.27 bits per heavy atom. The van der Waals surface area contributed by atoms with Gasteiger partial charge >= 0.3 is 0 Å². The summed E-state index contributed by atoms with van der Waals surface area (Å²) >= 11 is 0. The molecule has 0 aliphatic carbocycles. The van der Waals surface area contributed by atoms with Crippen LogP contribution in [0.2, 0.25) is 0 Å².